The maximum atomic E-state index is 5.04. The molecular formula is C21H39N4NaS2. The van der Waals surface area contributed by atoms with Gasteiger partial charge in [-0.2, -0.15) is 4.98 Å². The number of nitrogens with one attached hydrogen (secondary N) is 3. The van der Waals surface area contributed by atoms with Gasteiger partial charge in [0.15, 0.2) is 4.77 Å². The number of aromatic amines is 2. The zero-order valence-electron chi connectivity index (χ0n) is 19.0. The Morgan fingerprint density at radius 3 is 1.93 bits per heavy atom. The van der Waals surface area contributed by atoms with E-state index in [2.05, 4.69) is 39.3 Å². The van der Waals surface area contributed by atoms with Crippen molar-refractivity contribution in [2.24, 2.45) is 0 Å². The van der Waals surface area contributed by atoms with Gasteiger partial charge in [-0.3, -0.25) is 0 Å². The molecule has 0 radical (unpaired) electrons. The number of nitrogens with zero attached hydrogens (tertiary/aromatic N) is 1. The first-order valence-corrected chi connectivity index (χ1v) is 11.6. The Hall–Kier alpha value is -0.0100. The second-order valence-electron chi connectivity index (χ2n) is 7.21. The van der Waals surface area contributed by atoms with Crippen LogP contribution in [0.25, 0.3) is 0 Å². The van der Waals surface area contributed by atoms with Gasteiger partial charge in [0.2, 0.25) is 10.7 Å². The quantitative estimate of drug-likeness (QED) is 0.143. The molecule has 1 heterocycles. The summed E-state index contributed by atoms with van der Waals surface area (Å²) in [5.74, 6) is 0.663. The molecule has 0 spiro atoms. The van der Waals surface area contributed by atoms with Gasteiger partial charge in [-0.15, -0.1) is 0 Å². The van der Waals surface area contributed by atoms with Crippen molar-refractivity contribution in [1.29, 1.82) is 0 Å². The van der Waals surface area contributed by atoms with Gasteiger partial charge in [0.1, 0.15) is 0 Å². The molecule has 0 aliphatic rings. The molecule has 7 heteroatoms. The maximum absolute atomic E-state index is 5.04. The number of H-pyrrole nitrogens is 2. The van der Waals surface area contributed by atoms with Crippen LogP contribution in [0, 0.1) is 9.54 Å². The van der Waals surface area contributed by atoms with Crippen molar-refractivity contribution in [3.8, 4) is 0 Å². The van der Waals surface area contributed by atoms with E-state index in [0.717, 1.165) is 13.0 Å². The summed E-state index contributed by atoms with van der Waals surface area (Å²) in [5.41, 5.74) is 0. The van der Waals surface area contributed by atoms with Crippen molar-refractivity contribution in [2.45, 2.75) is 96.8 Å². The maximum Gasteiger partial charge on any atom is 1.00 e. The summed E-state index contributed by atoms with van der Waals surface area (Å²) in [6, 6.07) is 0. The Balaban J connectivity index is 0. The summed E-state index contributed by atoms with van der Waals surface area (Å²) >= 11 is 10.1. The van der Waals surface area contributed by atoms with Gasteiger partial charge < -0.3 is 16.7 Å². The van der Waals surface area contributed by atoms with Gasteiger partial charge in [0.05, 0.1) is 0 Å². The first-order valence-electron chi connectivity index (χ1n) is 10.8. The molecule has 0 saturated heterocycles. The van der Waals surface area contributed by atoms with Crippen LogP contribution >= 0.6 is 24.4 Å². The van der Waals surface area contributed by atoms with Gasteiger partial charge in [-0.25, -0.2) is 0 Å². The van der Waals surface area contributed by atoms with Crippen molar-refractivity contribution in [1.82, 2.24) is 15.0 Å². The summed E-state index contributed by atoms with van der Waals surface area (Å²) < 4.78 is 0.931. The molecular weight excluding hydrogens is 395 g/mol. The third kappa shape index (κ3) is 16.9. The molecule has 0 aromatic carbocycles. The normalized spacial score (nSPS) is 10.9. The van der Waals surface area contributed by atoms with E-state index >= 15 is 0 Å². The molecule has 4 nitrogen and oxygen atoms in total. The third-order valence-electron chi connectivity index (χ3n) is 4.65. The molecule has 28 heavy (non-hydrogen) atoms. The predicted octanol–water partition coefficient (Wildman–Crippen LogP) is 4.76. The Morgan fingerprint density at radius 1 is 0.821 bits per heavy atom. The SMILES string of the molecule is CCCCCCCC/C=C\CCCCCCCCNc1nc(=S)[nH]c(=S)[nH]1.[H-].[Na+]. The summed E-state index contributed by atoms with van der Waals surface area (Å²) in [5, 5.41) is 3.25. The molecule has 156 valence electrons. The molecule has 0 atom stereocenters. The molecule has 0 aliphatic heterocycles. The fourth-order valence-electron chi connectivity index (χ4n) is 3.06. The Labute approximate surface area is 205 Å². The van der Waals surface area contributed by atoms with Crippen molar-refractivity contribution in [2.75, 3.05) is 11.9 Å². The molecule has 0 amide bonds. The van der Waals surface area contributed by atoms with E-state index in [9.17, 15) is 0 Å². The molecule has 0 bridgehead atoms. The number of rotatable bonds is 17. The minimum Gasteiger partial charge on any atom is -1.00 e. The summed E-state index contributed by atoms with van der Waals surface area (Å²) in [7, 11) is 0. The predicted molar refractivity (Wildman–Crippen MR) is 124 cm³/mol. The molecule has 1 aromatic rings. The van der Waals surface area contributed by atoms with Crippen LogP contribution in [0.1, 0.15) is 98.2 Å². The van der Waals surface area contributed by atoms with Crippen molar-refractivity contribution in [3.05, 3.63) is 21.7 Å². The van der Waals surface area contributed by atoms with Crippen molar-refractivity contribution in [3.63, 3.8) is 0 Å². The third-order valence-corrected chi connectivity index (χ3v) is 5.04. The smallest absolute Gasteiger partial charge is 1.00 e. The zero-order valence-corrected chi connectivity index (χ0v) is 21.7. The van der Waals surface area contributed by atoms with Crippen LogP contribution in [-0.4, -0.2) is 21.5 Å². The molecule has 0 fully saturated rings. The average molecular weight is 435 g/mol. The van der Waals surface area contributed by atoms with E-state index in [-0.39, 0.29) is 31.0 Å². The summed E-state index contributed by atoms with van der Waals surface area (Å²) in [4.78, 5) is 9.92. The monoisotopic (exact) mass is 434 g/mol. The number of hydrogen-bond donors (Lipinski definition) is 3. The molecule has 0 saturated carbocycles. The van der Waals surface area contributed by atoms with E-state index in [1.54, 1.807) is 0 Å². The first kappa shape index (κ1) is 28.0. The van der Waals surface area contributed by atoms with Crippen molar-refractivity contribution >= 4 is 30.4 Å². The van der Waals surface area contributed by atoms with Gasteiger partial charge in [-0.05, 0) is 56.5 Å². The van der Waals surface area contributed by atoms with Crippen molar-refractivity contribution < 1.29 is 31.0 Å². The van der Waals surface area contributed by atoms with Gasteiger partial charge in [0, 0.05) is 6.54 Å². The van der Waals surface area contributed by atoms with E-state index in [4.69, 9.17) is 24.4 Å². The average Bonchev–Trinajstić information content (AvgIpc) is 2.63. The van der Waals surface area contributed by atoms with E-state index in [1.807, 2.05) is 0 Å². The number of unbranched alkanes of at least 4 members (excludes halogenated alkanes) is 12. The standard InChI is InChI=1S/C21H38N4S2.Na.H/c1-2-3-4-5-6-7-8-9-10-11-12-13-14-15-16-17-18-22-19-23-20(26)25-21(27)24-19;;/h9-10H,2-8,11-18H2,1H3,(H3,22,23,24,25,26,27);;/q;+1;-1/b10-9-;;. The molecule has 1 aromatic heterocycles. The van der Waals surface area contributed by atoms with Gasteiger partial charge in [-0.1, -0.05) is 76.9 Å². The largest absolute Gasteiger partial charge is 1.00 e. The van der Waals surface area contributed by atoms with E-state index < -0.39 is 0 Å². The summed E-state index contributed by atoms with van der Waals surface area (Å²) in [6.07, 6.45) is 23.3. The zero-order chi connectivity index (χ0) is 19.6. The number of aromatic nitrogens is 3. The molecule has 3 N–H and O–H groups in total. The van der Waals surface area contributed by atoms with Crippen LogP contribution in [0.2, 0.25) is 0 Å². The van der Waals surface area contributed by atoms with E-state index in [1.165, 1.54) is 83.5 Å². The fraction of sp³-hybridized carbons (Fsp3) is 0.762. The molecule has 1 rings (SSSR count). The van der Waals surface area contributed by atoms with Crippen LogP contribution in [-0.2, 0) is 0 Å². The first-order chi connectivity index (χ1) is 13.2. The van der Waals surface area contributed by atoms with Gasteiger partial charge >= 0.3 is 29.6 Å². The van der Waals surface area contributed by atoms with Gasteiger partial charge in [0.25, 0.3) is 0 Å². The van der Waals surface area contributed by atoms with Crippen LogP contribution in [0.15, 0.2) is 12.2 Å². The topological polar surface area (TPSA) is 56.5 Å². The fourth-order valence-corrected chi connectivity index (χ4v) is 3.51. The second kappa shape index (κ2) is 20.3. The van der Waals surface area contributed by atoms with Crippen LogP contribution < -0.4 is 34.9 Å². The Kier molecular flexibility index (Phi) is 20.3. The van der Waals surface area contributed by atoms with Crippen LogP contribution in [0.5, 0.6) is 0 Å². The second-order valence-corrected chi connectivity index (χ2v) is 8.00. The minimum atomic E-state index is 0. The Morgan fingerprint density at radius 2 is 1.36 bits per heavy atom. The van der Waals surface area contributed by atoms with E-state index in [0.29, 0.717) is 15.5 Å². The number of allylic oxidation sites excluding steroid dienone is 2. The molecule has 0 unspecified atom stereocenters. The minimum absolute atomic E-state index is 0. The number of anilines is 1. The number of hydrogen-bond acceptors (Lipinski definition) is 4. The van der Waals surface area contributed by atoms with Crippen LogP contribution in [0.4, 0.5) is 5.95 Å². The summed E-state index contributed by atoms with van der Waals surface area (Å²) in [6.45, 7) is 3.18. The molecule has 0 aliphatic carbocycles. The van der Waals surface area contributed by atoms with Crippen LogP contribution in [0.3, 0.4) is 0 Å². The Bertz CT molecular complexity index is 591.